The summed E-state index contributed by atoms with van der Waals surface area (Å²) in [7, 11) is 0. The Morgan fingerprint density at radius 2 is 0.484 bits per heavy atom. The lowest BCUT2D eigenvalue weighted by atomic mass is 9.90. The number of hydrogen-bond acceptors (Lipinski definition) is 2. The molecular formula is C60H44N2. The highest BCUT2D eigenvalue weighted by Gasteiger charge is 2.14. The Bertz CT molecular complexity index is 2840. The van der Waals surface area contributed by atoms with Crippen LogP contribution in [0.3, 0.4) is 0 Å². The van der Waals surface area contributed by atoms with E-state index in [0.29, 0.717) is 0 Å². The maximum absolute atomic E-state index is 2.29. The van der Waals surface area contributed by atoms with E-state index in [9.17, 15) is 0 Å². The van der Waals surface area contributed by atoms with Crippen molar-refractivity contribution in [3.8, 4) is 11.1 Å². The van der Waals surface area contributed by atoms with Crippen molar-refractivity contribution in [2.75, 3.05) is 9.80 Å². The third-order valence-corrected chi connectivity index (χ3v) is 11.5. The van der Waals surface area contributed by atoms with Gasteiger partial charge in [-0.05, 0) is 128 Å². The number of fused-ring (bicyclic) bond motifs is 2. The highest BCUT2D eigenvalue weighted by molar-refractivity contribution is 6.09. The van der Waals surface area contributed by atoms with Crippen molar-refractivity contribution in [1.82, 2.24) is 0 Å². The predicted molar refractivity (Wildman–Crippen MR) is 267 cm³/mol. The van der Waals surface area contributed by atoms with Gasteiger partial charge < -0.3 is 9.80 Å². The fraction of sp³-hybridized carbons (Fsp3) is 0. The van der Waals surface area contributed by atoms with Gasteiger partial charge >= 0.3 is 0 Å². The molecule has 0 N–H and O–H groups in total. The normalized spacial score (nSPS) is 11.4. The van der Waals surface area contributed by atoms with Crippen molar-refractivity contribution < 1.29 is 0 Å². The molecule has 10 aromatic rings. The molecule has 0 saturated carbocycles. The maximum atomic E-state index is 2.29. The van der Waals surface area contributed by atoms with Gasteiger partial charge in [0.25, 0.3) is 0 Å². The van der Waals surface area contributed by atoms with Gasteiger partial charge in [-0.25, -0.2) is 0 Å². The Balaban J connectivity index is 0.920. The van der Waals surface area contributed by atoms with Crippen LogP contribution in [0.2, 0.25) is 0 Å². The minimum atomic E-state index is 1.12. The highest BCUT2D eigenvalue weighted by atomic mass is 15.1. The highest BCUT2D eigenvalue weighted by Crippen LogP contribution is 2.39. The van der Waals surface area contributed by atoms with Crippen molar-refractivity contribution >= 4 is 80.0 Å². The van der Waals surface area contributed by atoms with Crippen molar-refractivity contribution in [3.63, 3.8) is 0 Å². The van der Waals surface area contributed by atoms with Crippen LogP contribution in [0.1, 0.15) is 22.3 Å². The van der Waals surface area contributed by atoms with Gasteiger partial charge in [-0.1, -0.05) is 194 Å². The quantitative estimate of drug-likeness (QED) is 0.120. The summed E-state index contributed by atoms with van der Waals surface area (Å²) in [6.45, 7) is 0. The molecule has 0 bridgehead atoms. The molecule has 0 aliphatic heterocycles. The van der Waals surface area contributed by atoms with Gasteiger partial charge in [0.2, 0.25) is 0 Å². The minimum absolute atomic E-state index is 1.12. The molecule has 0 aliphatic rings. The van der Waals surface area contributed by atoms with Gasteiger partial charge in [-0.2, -0.15) is 0 Å². The first-order valence-corrected chi connectivity index (χ1v) is 21.2. The fourth-order valence-corrected chi connectivity index (χ4v) is 8.45. The lowest BCUT2D eigenvalue weighted by Gasteiger charge is -2.25. The molecule has 294 valence electrons. The second-order valence-electron chi connectivity index (χ2n) is 15.4. The van der Waals surface area contributed by atoms with E-state index in [1.807, 2.05) is 0 Å². The zero-order valence-electron chi connectivity index (χ0n) is 34.3. The van der Waals surface area contributed by atoms with Crippen LogP contribution in [-0.2, 0) is 0 Å². The lowest BCUT2D eigenvalue weighted by molar-refractivity contribution is 1.28. The molecule has 0 radical (unpaired) electrons. The second kappa shape index (κ2) is 17.6. The SMILES string of the molecule is C(=Cc1ccc(-c2ccc(C=Cc3ccc(N(c4ccccc4)c4ccccc4)cc3)c3ccccc23)c2ccccc12)c1ccc(N(c2ccccc2)c2ccccc2)cc1. The van der Waals surface area contributed by atoms with E-state index in [0.717, 1.165) is 45.3 Å². The predicted octanol–water partition coefficient (Wildman–Crippen LogP) is 16.9. The van der Waals surface area contributed by atoms with E-state index in [1.165, 1.54) is 43.8 Å². The van der Waals surface area contributed by atoms with E-state index >= 15 is 0 Å². The summed E-state index contributed by atoms with van der Waals surface area (Å²) in [5, 5.41) is 4.93. The smallest absolute Gasteiger partial charge is 0.0462 e. The summed E-state index contributed by atoms with van der Waals surface area (Å²) in [5.74, 6) is 0. The molecule has 0 amide bonds. The van der Waals surface area contributed by atoms with Crippen molar-refractivity contribution in [3.05, 3.63) is 265 Å². The van der Waals surface area contributed by atoms with Gasteiger partial charge in [-0.15, -0.1) is 0 Å². The molecule has 0 saturated heterocycles. The number of para-hydroxylation sites is 4. The molecule has 0 aliphatic carbocycles. The van der Waals surface area contributed by atoms with Crippen LogP contribution in [-0.4, -0.2) is 0 Å². The van der Waals surface area contributed by atoms with E-state index < -0.39 is 0 Å². The minimum Gasteiger partial charge on any atom is -0.311 e. The van der Waals surface area contributed by atoms with Crippen LogP contribution < -0.4 is 9.80 Å². The summed E-state index contributed by atoms with van der Waals surface area (Å²) in [6, 6.07) is 86.4. The Hall–Kier alpha value is -8.20. The fourth-order valence-electron chi connectivity index (χ4n) is 8.45. The molecule has 10 rings (SSSR count). The summed E-state index contributed by atoms with van der Waals surface area (Å²) < 4.78 is 0. The molecule has 62 heavy (non-hydrogen) atoms. The molecule has 0 fully saturated rings. The van der Waals surface area contributed by atoms with Gasteiger partial charge in [0.1, 0.15) is 0 Å². The molecule has 0 spiro atoms. The van der Waals surface area contributed by atoms with Gasteiger partial charge in [-0.3, -0.25) is 0 Å². The largest absolute Gasteiger partial charge is 0.311 e. The number of benzene rings is 10. The monoisotopic (exact) mass is 792 g/mol. The zero-order valence-corrected chi connectivity index (χ0v) is 34.3. The van der Waals surface area contributed by atoms with E-state index in [2.05, 4.69) is 277 Å². The van der Waals surface area contributed by atoms with Crippen LogP contribution in [0.5, 0.6) is 0 Å². The van der Waals surface area contributed by atoms with Gasteiger partial charge in [0.15, 0.2) is 0 Å². The van der Waals surface area contributed by atoms with Crippen LogP contribution in [0, 0.1) is 0 Å². The second-order valence-corrected chi connectivity index (χ2v) is 15.4. The number of rotatable bonds is 11. The molecule has 0 heterocycles. The molecule has 0 aromatic heterocycles. The van der Waals surface area contributed by atoms with Crippen molar-refractivity contribution in [1.29, 1.82) is 0 Å². The van der Waals surface area contributed by atoms with Crippen molar-refractivity contribution in [2.24, 2.45) is 0 Å². The maximum Gasteiger partial charge on any atom is 0.0462 e. The standard InChI is InChI=1S/C60H44N2/c1-5-17-49(18-6-1)61(50-19-7-2-8-20-50)53-39-31-45(32-40-53)29-35-47-37-43-59(57-27-15-13-25-55(47)57)60-44-38-48(56-26-14-16-28-58(56)60)36-30-46-33-41-54(42-34-46)62(51-21-9-3-10-22-51)52-23-11-4-12-24-52/h1-44H. The molecule has 0 unspecified atom stereocenters. The number of anilines is 6. The molecule has 2 nitrogen and oxygen atoms in total. The molecule has 10 aromatic carbocycles. The van der Waals surface area contributed by atoms with E-state index in [-0.39, 0.29) is 0 Å². The summed E-state index contributed by atoms with van der Waals surface area (Å²) in [4.78, 5) is 4.58. The summed E-state index contributed by atoms with van der Waals surface area (Å²) in [6.07, 6.45) is 8.92. The van der Waals surface area contributed by atoms with Crippen LogP contribution in [0.25, 0.3) is 57.0 Å². The molecule has 2 heteroatoms. The van der Waals surface area contributed by atoms with E-state index in [1.54, 1.807) is 0 Å². The van der Waals surface area contributed by atoms with E-state index in [4.69, 9.17) is 0 Å². The summed E-state index contributed by atoms with van der Waals surface area (Å²) >= 11 is 0. The number of nitrogens with zero attached hydrogens (tertiary/aromatic N) is 2. The summed E-state index contributed by atoms with van der Waals surface area (Å²) in [5.41, 5.74) is 13.9. The third-order valence-electron chi connectivity index (χ3n) is 11.5. The first-order chi connectivity index (χ1) is 30.8. The average Bonchev–Trinajstić information content (AvgIpc) is 3.35. The van der Waals surface area contributed by atoms with Crippen LogP contribution >= 0.6 is 0 Å². The first kappa shape index (κ1) is 38.0. The molecule has 0 atom stereocenters. The van der Waals surface area contributed by atoms with Gasteiger partial charge in [0, 0.05) is 34.1 Å². The first-order valence-electron chi connectivity index (χ1n) is 21.2. The number of hydrogen-bond donors (Lipinski definition) is 0. The van der Waals surface area contributed by atoms with Crippen molar-refractivity contribution in [2.45, 2.75) is 0 Å². The topological polar surface area (TPSA) is 6.48 Å². The molecular weight excluding hydrogens is 749 g/mol. The third kappa shape index (κ3) is 7.93. The van der Waals surface area contributed by atoms with Crippen LogP contribution in [0.4, 0.5) is 34.1 Å². The Kier molecular flexibility index (Phi) is 10.8. The Morgan fingerprint density at radius 3 is 0.806 bits per heavy atom. The van der Waals surface area contributed by atoms with Gasteiger partial charge in [0.05, 0.1) is 0 Å². The lowest BCUT2D eigenvalue weighted by Crippen LogP contribution is -2.09. The average molecular weight is 793 g/mol. The van der Waals surface area contributed by atoms with Crippen LogP contribution in [0.15, 0.2) is 243 Å². The Labute approximate surface area is 364 Å². The zero-order chi connectivity index (χ0) is 41.5. The Morgan fingerprint density at radius 1 is 0.210 bits per heavy atom.